The molecule has 0 spiro atoms. The lowest BCUT2D eigenvalue weighted by Gasteiger charge is -2.21. The quantitative estimate of drug-likeness (QED) is 0.812. The maximum Gasteiger partial charge on any atom is 0.225 e. The predicted octanol–water partition coefficient (Wildman–Crippen LogP) is 1.49. The van der Waals surface area contributed by atoms with Crippen molar-refractivity contribution in [3.63, 3.8) is 0 Å². The van der Waals surface area contributed by atoms with Crippen molar-refractivity contribution in [3.05, 3.63) is 30.1 Å². The Kier molecular flexibility index (Phi) is 5.10. The molecule has 0 saturated heterocycles. The minimum absolute atomic E-state index is 0.0155. The van der Waals surface area contributed by atoms with Crippen molar-refractivity contribution in [2.45, 2.75) is 26.8 Å². The summed E-state index contributed by atoms with van der Waals surface area (Å²) < 4.78 is 0. The first-order valence-electron chi connectivity index (χ1n) is 5.96. The molecule has 0 aliphatic carbocycles. The topological polar surface area (TPSA) is 68.0 Å². The van der Waals surface area contributed by atoms with Crippen LogP contribution in [-0.2, 0) is 4.79 Å². The van der Waals surface area contributed by atoms with Gasteiger partial charge in [0.25, 0.3) is 0 Å². The van der Waals surface area contributed by atoms with Gasteiger partial charge in [-0.05, 0) is 30.5 Å². The second-order valence-electron chi connectivity index (χ2n) is 4.60. The van der Waals surface area contributed by atoms with Crippen LogP contribution in [0.25, 0.3) is 0 Å². The van der Waals surface area contributed by atoms with Gasteiger partial charge >= 0.3 is 0 Å². The summed E-state index contributed by atoms with van der Waals surface area (Å²) in [5.74, 6) is 0.149. The van der Waals surface area contributed by atoms with Crippen LogP contribution in [0.5, 0.6) is 0 Å². The van der Waals surface area contributed by atoms with Gasteiger partial charge in [0.15, 0.2) is 0 Å². The fourth-order valence-corrected chi connectivity index (χ4v) is 1.74. The summed E-state index contributed by atoms with van der Waals surface area (Å²) in [5, 5.41) is 2.98. The van der Waals surface area contributed by atoms with E-state index in [2.05, 4.69) is 10.3 Å². The first-order chi connectivity index (χ1) is 8.06. The highest BCUT2D eigenvalue weighted by atomic mass is 16.2. The number of carbonyl (C=O) groups is 1. The molecule has 0 fully saturated rings. The summed E-state index contributed by atoms with van der Waals surface area (Å²) >= 11 is 0. The van der Waals surface area contributed by atoms with Crippen LogP contribution < -0.4 is 11.1 Å². The lowest BCUT2D eigenvalue weighted by Crippen LogP contribution is -2.39. The summed E-state index contributed by atoms with van der Waals surface area (Å²) in [6.07, 6.45) is 3.45. The summed E-state index contributed by atoms with van der Waals surface area (Å²) in [5.41, 5.74) is 6.67. The molecule has 0 aromatic carbocycles. The smallest absolute Gasteiger partial charge is 0.225 e. The van der Waals surface area contributed by atoms with Crippen molar-refractivity contribution in [2.75, 3.05) is 6.54 Å². The fourth-order valence-electron chi connectivity index (χ4n) is 1.74. The SMILES string of the molecule is CC(C)C(CN)C(=O)N[C@H](C)c1ccncc1. The highest BCUT2D eigenvalue weighted by Gasteiger charge is 2.21. The standard InChI is InChI=1S/C13H21N3O/c1-9(2)12(8-14)13(17)16-10(3)11-4-6-15-7-5-11/h4-7,9-10,12H,8,14H2,1-3H3,(H,16,17)/t10-,12?/m1/s1. The number of nitrogens with zero attached hydrogens (tertiary/aromatic N) is 1. The monoisotopic (exact) mass is 235 g/mol. The largest absolute Gasteiger partial charge is 0.349 e. The summed E-state index contributed by atoms with van der Waals surface area (Å²) in [6.45, 7) is 6.36. The second-order valence-corrected chi connectivity index (χ2v) is 4.60. The van der Waals surface area contributed by atoms with E-state index in [1.54, 1.807) is 12.4 Å². The van der Waals surface area contributed by atoms with Crippen LogP contribution in [0.1, 0.15) is 32.4 Å². The Bertz CT molecular complexity index is 351. The Morgan fingerprint density at radius 2 is 1.94 bits per heavy atom. The number of rotatable bonds is 5. The van der Waals surface area contributed by atoms with Crippen molar-refractivity contribution in [1.82, 2.24) is 10.3 Å². The van der Waals surface area contributed by atoms with Crippen LogP contribution in [0.2, 0.25) is 0 Å². The Morgan fingerprint density at radius 1 is 1.35 bits per heavy atom. The molecule has 1 rings (SSSR count). The third kappa shape index (κ3) is 3.82. The summed E-state index contributed by atoms with van der Waals surface area (Å²) in [7, 11) is 0. The van der Waals surface area contributed by atoms with Gasteiger partial charge in [-0.1, -0.05) is 13.8 Å². The molecule has 94 valence electrons. The van der Waals surface area contributed by atoms with Gasteiger partial charge < -0.3 is 11.1 Å². The maximum atomic E-state index is 12.0. The summed E-state index contributed by atoms with van der Waals surface area (Å²) in [6, 6.07) is 3.79. The van der Waals surface area contributed by atoms with Gasteiger partial charge in [0.1, 0.15) is 0 Å². The first-order valence-corrected chi connectivity index (χ1v) is 5.96. The van der Waals surface area contributed by atoms with Crippen LogP contribution in [0.4, 0.5) is 0 Å². The molecule has 1 heterocycles. The zero-order valence-electron chi connectivity index (χ0n) is 10.7. The second kappa shape index (κ2) is 6.35. The van der Waals surface area contributed by atoms with E-state index in [-0.39, 0.29) is 23.8 Å². The lowest BCUT2D eigenvalue weighted by molar-refractivity contribution is -0.126. The van der Waals surface area contributed by atoms with E-state index < -0.39 is 0 Å². The number of amides is 1. The molecule has 17 heavy (non-hydrogen) atoms. The normalized spacial score (nSPS) is 14.4. The number of pyridine rings is 1. The van der Waals surface area contributed by atoms with Gasteiger partial charge in [-0.25, -0.2) is 0 Å². The van der Waals surface area contributed by atoms with Crippen LogP contribution in [-0.4, -0.2) is 17.4 Å². The lowest BCUT2D eigenvalue weighted by atomic mass is 9.94. The third-order valence-corrected chi connectivity index (χ3v) is 2.96. The minimum Gasteiger partial charge on any atom is -0.349 e. The van der Waals surface area contributed by atoms with Crippen molar-refractivity contribution >= 4 is 5.91 Å². The Hall–Kier alpha value is -1.42. The van der Waals surface area contributed by atoms with E-state index in [0.29, 0.717) is 6.54 Å². The van der Waals surface area contributed by atoms with E-state index in [1.807, 2.05) is 32.9 Å². The van der Waals surface area contributed by atoms with Gasteiger partial charge in [-0.15, -0.1) is 0 Å². The first kappa shape index (κ1) is 13.6. The van der Waals surface area contributed by atoms with Crippen molar-refractivity contribution in [3.8, 4) is 0 Å². The van der Waals surface area contributed by atoms with Crippen LogP contribution >= 0.6 is 0 Å². The predicted molar refractivity (Wildman–Crippen MR) is 68.2 cm³/mol. The molecule has 0 aliphatic heterocycles. The van der Waals surface area contributed by atoms with E-state index in [0.717, 1.165) is 5.56 Å². The molecule has 4 nitrogen and oxygen atoms in total. The highest BCUT2D eigenvalue weighted by molar-refractivity contribution is 5.79. The molecule has 4 heteroatoms. The molecule has 0 aliphatic rings. The fraction of sp³-hybridized carbons (Fsp3) is 0.538. The van der Waals surface area contributed by atoms with Gasteiger partial charge in [0, 0.05) is 18.9 Å². The summed E-state index contributed by atoms with van der Waals surface area (Å²) in [4.78, 5) is 15.9. The number of hydrogen-bond acceptors (Lipinski definition) is 3. The van der Waals surface area contributed by atoms with E-state index in [4.69, 9.17) is 5.73 Å². The van der Waals surface area contributed by atoms with E-state index in [9.17, 15) is 4.79 Å². The molecule has 1 aromatic heterocycles. The molecular formula is C13H21N3O. The van der Waals surface area contributed by atoms with Crippen LogP contribution in [0.15, 0.2) is 24.5 Å². The number of hydrogen-bond donors (Lipinski definition) is 2. The molecule has 2 atom stereocenters. The van der Waals surface area contributed by atoms with Crippen molar-refractivity contribution in [1.29, 1.82) is 0 Å². The van der Waals surface area contributed by atoms with Crippen LogP contribution in [0, 0.1) is 11.8 Å². The van der Waals surface area contributed by atoms with E-state index in [1.165, 1.54) is 0 Å². The van der Waals surface area contributed by atoms with Gasteiger partial charge in [-0.3, -0.25) is 9.78 Å². The Morgan fingerprint density at radius 3 is 2.41 bits per heavy atom. The molecule has 0 saturated carbocycles. The van der Waals surface area contributed by atoms with Crippen molar-refractivity contribution < 1.29 is 4.79 Å². The molecule has 0 radical (unpaired) electrons. The van der Waals surface area contributed by atoms with Gasteiger partial charge in [0.05, 0.1) is 12.0 Å². The highest BCUT2D eigenvalue weighted by Crippen LogP contribution is 2.14. The molecule has 1 amide bonds. The number of nitrogens with one attached hydrogen (secondary N) is 1. The molecule has 1 aromatic rings. The number of nitrogens with two attached hydrogens (primary N) is 1. The Balaban J connectivity index is 2.63. The number of aromatic nitrogens is 1. The van der Waals surface area contributed by atoms with Gasteiger partial charge in [0.2, 0.25) is 5.91 Å². The Labute approximate surface area is 103 Å². The molecular weight excluding hydrogens is 214 g/mol. The molecule has 0 bridgehead atoms. The average Bonchev–Trinajstić information content (AvgIpc) is 2.30. The number of carbonyl (C=O) groups excluding carboxylic acids is 1. The molecule has 3 N–H and O–H groups in total. The average molecular weight is 235 g/mol. The third-order valence-electron chi connectivity index (χ3n) is 2.96. The van der Waals surface area contributed by atoms with E-state index >= 15 is 0 Å². The van der Waals surface area contributed by atoms with Crippen molar-refractivity contribution in [2.24, 2.45) is 17.6 Å². The van der Waals surface area contributed by atoms with Crippen LogP contribution in [0.3, 0.4) is 0 Å². The molecule has 1 unspecified atom stereocenters. The zero-order chi connectivity index (χ0) is 12.8. The minimum atomic E-state index is -0.126. The van der Waals surface area contributed by atoms with Gasteiger partial charge in [-0.2, -0.15) is 0 Å². The maximum absolute atomic E-state index is 12.0. The zero-order valence-corrected chi connectivity index (χ0v) is 10.7.